The molecule has 1 aromatic heterocycles. The summed E-state index contributed by atoms with van der Waals surface area (Å²) < 4.78 is 16.6. The molecule has 2 aromatic rings. The van der Waals surface area contributed by atoms with Crippen molar-refractivity contribution in [2.24, 2.45) is 7.05 Å². The number of anilines is 1. The van der Waals surface area contributed by atoms with Crippen LogP contribution in [-0.4, -0.2) is 19.8 Å². The predicted molar refractivity (Wildman–Crippen MR) is 72.5 cm³/mol. The SMILES string of the molecule is Cn1c(=O)n(CCC(C)(C)O)c2cc(N)cc(F)c21. The molecule has 0 radical (unpaired) electrons. The molecule has 1 heterocycles. The highest BCUT2D eigenvalue weighted by molar-refractivity contribution is 5.80. The van der Waals surface area contributed by atoms with Gasteiger partial charge in [0.2, 0.25) is 0 Å². The predicted octanol–water partition coefficient (Wildman–Crippen LogP) is 1.22. The molecule has 19 heavy (non-hydrogen) atoms. The van der Waals surface area contributed by atoms with Crippen LogP contribution in [0.4, 0.5) is 10.1 Å². The molecule has 3 N–H and O–H groups in total. The van der Waals surface area contributed by atoms with E-state index < -0.39 is 11.4 Å². The van der Waals surface area contributed by atoms with Gasteiger partial charge in [-0.3, -0.25) is 9.13 Å². The maximum Gasteiger partial charge on any atom is 0.328 e. The first-order valence-corrected chi connectivity index (χ1v) is 6.07. The van der Waals surface area contributed by atoms with E-state index in [1.807, 2.05) is 0 Å². The van der Waals surface area contributed by atoms with Gasteiger partial charge in [-0.1, -0.05) is 0 Å². The zero-order chi connectivity index (χ0) is 14.4. The number of nitrogen functional groups attached to an aromatic ring is 1. The Kier molecular flexibility index (Phi) is 3.14. The third-order valence-corrected chi connectivity index (χ3v) is 3.16. The van der Waals surface area contributed by atoms with Crippen LogP contribution in [0, 0.1) is 5.82 Å². The molecule has 0 atom stereocenters. The summed E-state index contributed by atoms with van der Waals surface area (Å²) in [5, 5.41) is 9.74. The van der Waals surface area contributed by atoms with Gasteiger partial charge in [-0.05, 0) is 32.4 Å². The zero-order valence-electron chi connectivity index (χ0n) is 11.3. The van der Waals surface area contributed by atoms with Crippen LogP contribution in [0.15, 0.2) is 16.9 Å². The Hall–Kier alpha value is -1.82. The van der Waals surface area contributed by atoms with Crippen LogP contribution in [0.5, 0.6) is 0 Å². The molecule has 0 aliphatic carbocycles. The summed E-state index contributed by atoms with van der Waals surface area (Å²) in [5.74, 6) is -0.517. The van der Waals surface area contributed by atoms with Crippen molar-refractivity contribution in [3.8, 4) is 0 Å². The average Bonchev–Trinajstić information content (AvgIpc) is 2.48. The molecule has 0 amide bonds. The Morgan fingerprint density at radius 1 is 1.42 bits per heavy atom. The molecule has 0 spiro atoms. The quantitative estimate of drug-likeness (QED) is 0.821. The maximum atomic E-state index is 13.9. The molecule has 0 aliphatic rings. The van der Waals surface area contributed by atoms with Gasteiger partial charge in [-0.2, -0.15) is 0 Å². The van der Waals surface area contributed by atoms with Crippen molar-refractivity contribution in [2.75, 3.05) is 5.73 Å². The van der Waals surface area contributed by atoms with E-state index in [0.29, 0.717) is 18.5 Å². The lowest BCUT2D eigenvalue weighted by Crippen LogP contribution is -2.27. The van der Waals surface area contributed by atoms with Gasteiger partial charge in [-0.25, -0.2) is 9.18 Å². The van der Waals surface area contributed by atoms with Gasteiger partial charge in [0, 0.05) is 19.3 Å². The van der Waals surface area contributed by atoms with Gasteiger partial charge >= 0.3 is 5.69 Å². The van der Waals surface area contributed by atoms with Gasteiger partial charge in [0.25, 0.3) is 0 Å². The Morgan fingerprint density at radius 3 is 2.63 bits per heavy atom. The molecule has 0 saturated carbocycles. The lowest BCUT2D eigenvalue weighted by atomic mass is 10.1. The Morgan fingerprint density at radius 2 is 2.05 bits per heavy atom. The number of nitrogens with two attached hydrogens (primary N) is 1. The number of imidazole rings is 1. The maximum absolute atomic E-state index is 13.9. The van der Waals surface area contributed by atoms with Gasteiger partial charge < -0.3 is 10.8 Å². The van der Waals surface area contributed by atoms with Crippen LogP contribution in [0.3, 0.4) is 0 Å². The molecule has 2 rings (SSSR count). The summed E-state index contributed by atoms with van der Waals surface area (Å²) in [5.41, 5.74) is 5.37. The van der Waals surface area contributed by atoms with Crippen molar-refractivity contribution >= 4 is 16.7 Å². The highest BCUT2D eigenvalue weighted by atomic mass is 19.1. The number of aliphatic hydroxyl groups is 1. The van der Waals surface area contributed by atoms with Crippen LogP contribution in [0.1, 0.15) is 20.3 Å². The first-order valence-electron chi connectivity index (χ1n) is 6.07. The molecule has 5 nitrogen and oxygen atoms in total. The molecule has 0 unspecified atom stereocenters. The van der Waals surface area contributed by atoms with Crippen molar-refractivity contribution < 1.29 is 9.50 Å². The number of halogens is 1. The minimum atomic E-state index is -0.888. The number of aryl methyl sites for hydroxylation is 2. The minimum absolute atomic E-state index is 0.231. The standard InChI is InChI=1S/C13H18FN3O2/c1-13(2,19)4-5-17-10-7-8(15)6-9(14)11(10)16(3)12(17)18/h6-7,19H,4-5,15H2,1-3H3. The van der Waals surface area contributed by atoms with Crippen molar-refractivity contribution in [3.63, 3.8) is 0 Å². The summed E-state index contributed by atoms with van der Waals surface area (Å²) in [6.45, 7) is 3.64. The second kappa shape index (κ2) is 4.38. The summed E-state index contributed by atoms with van der Waals surface area (Å²) >= 11 is 0. The van der Waals surface area contributed by atoms with Crippen molar-refractivity contribution in [1.29, 1.82) is 0 Å². The van der Waals surface area contributed by atoms with Crippen LogP contribution in [0.2, 0.25) is 0 Å². The zero-order valence-corrected chi connectivity index (χ0v) is 11.3. The van der Waals surface area contributed by atoms with E-state index in [-0.39, 0.29) is 16.9 Å². The number of hydrogen-bond donors (Lipinski definition) is 2. The number of fused-ring (bicyclic) bond motifs is 1. The molecule has 0 aliphatic heterocycles. The third-order valence-electron chi connectivity index (χ3n) is 3.16. The Balaban J connectivity index is 2.61. The van der Waals surface area contributed by atoms with E-state index in [9.17, 15) is 14.3 Å². The van der Waals surface area contributed by atoms with E-state index in [2.05, 4.69) is 0 Å². The number of benzene rings is 1. The summed E-state index contributed by atoms with van der Waals surface area (Å²) in [7, 11) is 1.52. The topological polar surface area (TPSA) is 73.2 Å². The second-order valence-corrected chi connectivity index (χ2v) is 5.43. The number of nitrogens with zero attached hydrogens (tertiary/aromatic N) is 2. The summed E-state index contributed by atoms with van der Waals surface area (Å²) in [6.07, 6.45) is 0.391. The lowest BCUT2D eigenvalue weighted by molar-refractivity contribution is 0.0662. The first-order chi connectivity index (χ1) is 8.70. The average molecular weight is 267 g/mol. The highest BCUT2D eigenvalue weighted by Crippen LogP contribution is 2.21. The van der Waals surface area contributed by atoms with Gasteiger partial charge in [0.15, 0.2) is 5.82 Å². The molecule has 104 valence electrons. The number of hydrogen-bond acceptors (Lipinski definition) is 3. The first kappa shape index (κ1) is 13.6. The molecule has 0 bridgehead atoms. The highest BCUT2D eigenvalue weighted by Gasteiger charge is 2.18. The molecule has 0 fully saturated rings. The van der Waals surface area contributed by atoms with E-state index >= 15 is 0 Å². The molecular formula is C13H18FN3O2. The Labute approximate surface area is 110 Å². The fourth-order valence-electron chi connectivity index (χ4n) is 2.12. The summed E-state index contributed by atoms with van der Waals surface area (Å²) in [4.78, 5) is 12.1. The fourth-order valence-corrected chi connectivity index (χ4v) is 2.12. The molecular weight excluding hydrogens is 249 g/mol. The van der Waals surface area contributed by atoms with E-state index in [1.165, 1.54) is 22.2 Å². The van der Waals surface area contributed by atoms with E-state index in [0.717, 1.165) is 0 Å². The van der Waals surface area contributed by atoms with E-state index in [4.69, 9.17) is 5.73 Å². The van der Waals surface area contributed by atoms with Crippen molar-refractivity contribution in [2.45, 2.75) is 32.4 Å². The molecule has 0 saturated heterocycles. The van der Waals surface area contributed by atoms with Crippen LogP contribution in [0.25, 0.3) is 11.0 Å². The Bertz CT molecular complexity index is 680. The smallest absolute Gasteiger partial charge is 0.328 e. The fraction of sp³-hybridized carbons (Fsp3) is 0.462. The largest absolute Gasteiger partial charge is 0.399 e. The lowest BCUT2D eigenvalue weighted by Gasteiger charge is -2.16. The van der Waals surface area contributed by atoms with Crippen LogP contribution < -0.4 is 11.4 Å². The second-order valence-electron chi connectivity index (χ2n) is 5.43. The van der Waals surface area contributed by atoms with Gasteiger partial charge in [-0.15, -0.1) is 0 Å². The minimum Gasteiger partial charge on any atom is -0.399 e. The van der Waals surface area contributed by atoms with Crippen molar-refractivity contribution in [1.82, 2.24) is 9.13 Å². The monoisotopic (exact) mass is 267 g/mol. The number of rotatable bonds is 3. The summed E-state index contributed by atoms with van der Waals surface area (Å²) in [6, 6.07) is 2.77. The normalized spacial score (nSPS) is 12.3. The molecule has 1 aromatic carbocycles. The van der Waals surface area contributed by atoms with Gasteiger partial charge in [0.05, 0.1) is 11.1 Å². The van der Waals surface area contributed by atoms with Crippen molar-refractivity contribution in [3.05, 3.63) is 28.4 Å². The third kappa shape index (κ3) is 2.49. The number of aromatic nitrogens is 2. The van der Waals surface area contributed by atoms with Gasteiger partial charge in [0.1, 0.15) is 5.52 Å². The molecule has 6 heteroatoms. The van der Waals surface area contributed by atoms with Crippen LogP contribution >= 0.6 is 0 Å². The van der Waals surface area contributed by atoms with Crippen LogP contribution in [-0.2, 0) is 13.6 Å². The van der Waals surface area contributed by atoms with E-state index in [1.54, 1.807) is 19.9 Å².